The van der Waals surface area contributed by atoms with E-state index in [1.54, 1.807) is 6.07 Å². The number of hydrogen-bond donors (Lipinski definition) is 1. The summed E-state index contributed by atoms with van der Waals surface area (Å²) in [6, 6.07) is 26.8. The molecule has 0 bridgehead atoms. The predicted molar refractivity (Wildman–Crippen MR) is 138 cm³/mol. The highest BCUT2D eigenvalue weighted by Gasteiger charge is 2.31. The Morgan fingerprint density at radius 3 is 2.41 bits per heavy atom. The van der Waals surface area contributed by atoms with Crippen LogP contribution in [0.3, 0.4) is 0 Å². The van der Waals surface area contributed by atoms with E-state index in [2.05, 4.69) is 10.2 Å². The summed E-state index contributed by atoms with van der Waals surface area (Å²) < 4.78 is 39.2. The molecule has 1 aliphatic heterocycles. The van der Waals surface area contributed by atoms with Crippen molar-refractivity contribution in [2.75, 3.05) is 13.1 Å². The van der Waals surface area contributed by atoms with Gasteiger partial charge in [0.05, 0.1) is 22.8 Å². The highest BCUT2D eigenvalue weighted by Crippen LogP contribution is 2.30. The van der Waals surface area contributed by atoms with E-state index in [4.69, 9.17) is 4.98 Å². The third kappa shape index (κ3) is 6.00. The second-order valence-corrected chi connectivity index (χ2v) is 9.53. The molecule has 2 heterocycles. The highest BCUT2D eigenvalue weighted by atomic mass is 19.4. The molecular weight excluding hydrogens is 475 g/mol. The summed E-state index contributed by atoms with van der Waals surface area (Å²) in [5.74, 6) is -0.188. The second-order valence-electron chi connectivity index (χ2n) is 9.53. The summed E-state index contributed by atoms with van der Waals surface area (Å²) in [7, 11) is 0. The molecule has 0 aliphatic carbocycles. The van der Waals surface area contributed by atoms with E-state index in [1.807, 2.05) is 66.7 Å². The molecule has 4 aromatic rings. The van der Waals surface area contributed by atoms with Crippen molar-refractivity contribution in [1.29, 1.82) is 0 Å². The molecule has 1 unspecified atom stereocenters. The van der Waals surface area contributed by atoms with Gasteiger partial charge in [-0.2, -0.15) is 13.2 Å². The van der Waals surface area contributed by atoms with Crippen LogP contribution in [-0.4, -0.2) is 28.9 Å². The van der Waals surface area contributed by atoms with E-state index in [-0.39, 0.29) is 17.9 Å². The van der Waals surface area contributed by atoms with Gasteiger partial charge in [0.2, 0.25) is 5.91 Å². The lowest BCUT2D eigenvalue weighted by Crippen LogP contribution is -2.41. The summed E-state index contributed by atoms with van der Waals surface area (Å²) >= 11 is 0. The lowest BCUT2D eigenvalue weighted by molar-refractivity contribution is -0.137. The minimum absolute atomic E-state index is 0.0254. The Morgan fingerprint density at radius 1 is 0.919 bits per heavy atom. The molecule has 1 N–H and O–H groups in total. The van der Waals surface area contributed by atoms with E-state index < -0.39 is 11.7 Å². The number of likely N-dealkylation sites (tertiary alicyclic amines) is 1. The lowest BCUT2D eigenvalue weighted by atomic mass is 9.94. The minimum Gasteiger partial charge on any atom is -0.343 e. The number of nitrogens with zero attached hydrogens (tertiary/aromatic N) is 2. The van der Waals surface area contributed by atoms with Crippen LogP contribution in [0.1, 0.15) is 41.3 Å². The van der Waals surface area contributed by atoms with Crippen LogP contribution < -0.4 is 5.32 Å². The second kappa shape index (κ2) is 10.7. The van der Waals surface area contributed by atoms with E-state index >= 15 is 0 Å². The number of para-hydroxylation sites is 1. The fourth-order valence-electron chi connectivity index (χ4n) is 4.93. The first-order chi connectivity index (χ1) is 17.9. The van der Waals surface area contributed by atoms with Crippen LogP contribution >= 0.6 is 0 Å². The molecule has 0 spiro atoms. The average molecular weight is 504 g/mol. The number of amides is 1. The Morgan fingerprint density at radius 2 is 1.65 bits per heavy atom. The Balaban J connectivity index is 1.26. The quantitative estimate of drug-likeness (QED) is 0.333. The van der Waals surface area contributed by atoms with Gasteiger partial charge in [0.1, 0.15) is 0 Å². The van der Waals surface area contributed by atoms with Crippen LogP contribution in [0, 0.1) is 5.92 Å². The number of rotatable bonds is 6. The number of benzene rings is 3. The molecule has 1 saturated heterocycles. The predicted octanol–water partition coefficient (Wildman–Crippen LogP) is 6.37. The van der Waals surface area contributed by atoms with Crippen molar-refractivity contribution in [2.45, 2.75) is 31.6 Å². The number of fused-ring (bicyclic) bond motifs is 1. The van der Waals surface area contributed by atoms with E-state index in [1.165, 1.54) is 12.1 Å². The zero-order chi connectivity index (χ0) is 25.8. The Bertz CT molecular complexity index is 1370. The average Bonchev–Trinajstić information content (AvgIpc) is 2.92. The molecule has 1 amide bonds. The molecule has 1 atom stereocenters. The first-order valence-corrected chi connectivity index (χ1v) is 12.5. The van der Waals surface area contributed by atoms with Gasteiger partial charge in [0.15, 0.2) is 0 Å². The van der Waals surface area contributed by atoms with Crippen molar-refractivity contribution < 1.29 is 18.0 Å². The monoisotopic (exact) mass is 503 g/mol. The largest absolute Gasteiger partial charge is 0.416 e. The topological polar surface area (TPSA) is 45.2 Å². The summed E-state index contributed by atoms with van der Waals surface area (Å²) in [6.07, 6.45) is -3.05. The number of piperidine rings is 1. The van der Waals surface area contributed by atoms with Crippen LogP contribution in [0.4, 0.5) is 13.2 Å². The summed E-state index contributed by atoms with van der Waals surface area (Å²) in [5.41, 5.74) is 2.61. The smallest absolute Gasteiger partial charge is 0.343 e. The minimum atomic E-state index is -4.35. The van der Waals surface area contributed by atoms with Gasteiger partial charge in [0.25, 0.3) is 0 Å². The Hall–Kier alpha value is -3.71. The summed E-state index contributed by atoms with van der Waals surface area (Å²) in [6.45, 7) is 1.74. The van der Waals surface area contributed by atoms with Gasteiger partial charge in [-0.3, -0.25) is 14.7 Å². The van der Waals surface area contributed by atoms with Crippen LogP contribution in [-0.2, 0) is 17.5 Å². The number of pyridine rings is 1. The molecule has 1 aliphatic rings. The molecule has 5 rings (SSSR count). The van der Waals surface area contributed by atoms with Gasteiger partial charge < -0.3 is 5.32 Å². The van der Waals surface area contributed by atoms with Gasteiger partial charge >= 0.3 is 6.18 Å². The molecule has 7 heteroatoms. The van der Waals surface area contributed by atoms with Gasteiger partial charge in [-0.05, 0) is 55.3 Å². The highest BCUT2D eigenvalue weighted by molar-refractivity contribution is 5.81. The number of hydrogen-bond acceptors (Lipinski definition) is 3. The standard InChI is InChI=1S/C30H28F3N3O/c31-30(32,33)25-11-6-7-21(19-25)20-36-17-15-24(16-18-36)29(37)35-28(23-9-2-1-3-10-23)27-14-13-22-8-4-5-12-26(22)34-27/h1-14,19,24,28H,15-18,20H2,(H,35,37). The van der Waals surface area contributed by atoms with Gasteiger partial charge in [-0.15, -0.1) is 0 Å². The molecule has 1 aromatic heterocycles. The van der Waals surface area contributed by atoms with E-state index in [0.29, 0.717) is 38.0 Å². The van der Waals surface area contributed by atoms with Crippen molar-refractivity contribution in [2.24, 2.45) is 5.92 Å². The molecule has 0 radical (unpaired) electrons. The molecule has 3 aromatic carbocycles. The Kier molecular flexibility index (Phi) is 7.24. The fourth-order valence-corrected chi connectivity index (χ4v) is 4.93. The lowest BCUT2D eigenvalue weighted by Gasteiger charge is -2.32. The zero-order valence-corrected chi connectivity index (χ0v) is 20.3. The van der Waals surface area contributed by atoms with Crippen molar-refractivity contribution in [3.63, 3.8) is 0 Å². The third-order valence-electron chi connectivity index (χ3n) is 6.95. The normalized spacial score (nSPS) is 16.0. The first-order valence-electron chi connectivity index (χ1n) is 12.5. The van der Waals surface area contributed by atoms with E-state index in [9.17, 15) is 18.0 Å². The van der Waals surface area contributed by atoms with Crippen LogP contribution in [0.2, 0.25) is 0 Å². The maximum atomic E-state index is 13.4. The first kappa shape index (κ1) is 25.0. The maximum absolute atomic E-state index is 13.4. The number of halogens is 3. The van der Waals surface area contributed by atoms with Gasteiger partial charge in [-0.25, -0.2) is 0 Å². The van der Waals surface area contributed by atoms with Gasteiger partial charge in [-0.1, -0.05) is 72.8 Å². The summed E-state index contributed by atoms with van der Waals surface area (Å²) in [5, 5.41) is 4.27. The SMILES string of the molecule is O=C(NC(c1ccccc1)c1ccc2ccccc2n1)C1CCN(Cc2cccc(C(F)(F)F)c2)CC1. The molecule has 1 fully saturated rings. The zero-order valence-electron chi connectivity index (χ0n) is 20.3. The van der Waals surface area contributed by atoms with Crippen molar-refractivity contribution in [3.05, 3.63) is 113 Å². The van der Waals surface area contributed by atoms with Crippen LogP contribution in [0.25, 0.3) is 10.9 Å². The fraction of sp³-hybridized carbons (Fsp3) is 0.267. The number of carbonyl (C=O) groups excluding carboxylic acids is 1. The van der Waals surface area contributed by atoms with Crippen molar-refractivity contribution >= 4 is 16.8 Å². The Labute approximate surface area is 214 Å². The molecular formula is C30H28F3N3O. The third-order valence-corrected chi connectivity index (χ3v) is 6.95. The number of alkyl halides is 3. The number of nitrogens with one attached hydrogen (secondary N) is 1. The molecule has 4 nitrogen and oxygen atoms in total. The van der Waals surface area contributed by atoms with Crippen LogP contribution in [0.15, 0.2) is 91.0 Å². The maximum Gasteiger partial charge on any atom is 0.416 e. The molecule has 190 valence electrons. The van der Waals surface area contributed by atoms with E-state index in [0.717, 1.165) is 28.2 Å². The molecule has 37 heavy (non-hydrogen) atoms. The van der Waals surface area contributed by atoms with Crippen molar-refractivity contribution in [3.8, 4) is 0 Å². The summed E-state index contributed by atoms with van der Waals surface area (Å²) in [4.78, 5) is 20.3. The van der Waals surface area contributed by atoms with Crippen LogP contribution in [0.5, 0.6) is 0 Å². The van der Waals surface area contributed by atoms with Crippen molar-refractivity contribution in [1.82, 2.24) is 15.2 Å². The molecule has 0 saturated carbocycles. The number of carbonyl (C=O) groups is 1. The van der Waals surface area contributed by atoms with Gasteiger partial charge in [0, 0.05) is 17.8 Å². The number of aromatic nitrogens is 1.